The summed E-state index contributed by atoms with van der Waals surface area (Å²) >= 11 is 0. The molecule has 23 heavy (non-hydrogen) atoms. The maximum absolute atomic E-state index is 5.70. The van der Waals surface area contributed by atoms with Crippen LogP contribution >= 0.6 is 0 Å². The molecule has 0 aliphatic heterocycles. The number of fused-ring (bicyclic) bond motifs is 1. The Bertz CT molecular complexity index is 781. The molecule has 3 rings (SSSR count). The number of unbranched alkanes of at least 4 members (excludes halogenated alkanes) is 1. The Kier molecular flexibility index (Phi) is 4.77. The third-order valence-electron chi connectivity index (χ3n) is 3.81. The van der Waals surface area contributed by atoms with Crippen LogP contribution in [0.4, 0.5) is 0 Å². The zero-order valence-electron chi connectivity index (χ0n) is 13.6. The van der Waals surface area contributed by atoms with Crippen LogP contribution in [0.15, 0.2) is 54.6 Å². The topological polar surface area (TPSA) is 31.4 Å². The van der Waals surface area contributed by atoms with Crippen molar-refractivity contribution in [2.24, 2.45) is 0 Å². The van der Waals surface area contributed by atoms with Crippen LogP contribution in [0.2, 0.25) is 0 Å². The van der Waals surface area contributed by atoms with E-state index < -0.39 is 0 Å². The molecular weight excluding hydrogens is 286 g/mol. The molecule has 3 aromatic rings. The minimum absolute atomic E-state index is 0.770. The number of methoxy groups -OCH3 is 1. The van der Waals surface area contributed by atoms with E-state index in [1.807, 2.05) is 36.4 Å². The zero-order chi connectivity index (χ0) is 16.1. The van der Waals surface area contributed by atoms with Crippen LogP contribution in [0.5, 0.6) is 11.5 Å². The van der Waals surface area contributed by atoms with E-state index in [0.717, 1.165) is 53.1 Å². The molecule has 3 nitrogen and oxygen atoms in total. The molecule has 0 aliphatic carbocycles. The summed E-state index contributed by atoms with van der Waals surface area (Å²) < 4.78 is 10.9. The smallest absolute Gasteiger partial charge is 0.119 e. The monoisotopic (exact) mass is 307 g/mol. The quantitative estimate of drug-likeness (QED) is 0.594. The molecule has 0 spiro atoms. The summed E-state index contributed by atoms with van der Waals surface area (Å²) in [6, 6.07) is 18.1. The van der Waals surface area contributed by atoms with E-state index in [1.165, 1.54) is 0 Å². The van der Waals surface area contributed by atoms with E-state index in [0.29, 0.717) is 0 Å². The van der Waals surface area contributed by atoms with Crippen molar-refractivity contribution in [3.63, 3.8) is 0 Å². The average molecular weight is 307 g/mol. The van der Waals surface area contributed by atoms with Crippen molar-refractivity contribution in [1.29, 1.82) is 0 Å². The van der Waals surface area contributed by atoms with E-state index in [2.05, 4.69) is 25.1 Å². The Hall–Kier alpha value is -2.55. The van der Waals surface area contributed by atoms with Crippen LogP contribution in [-0.2, 0) is 0 Å². The average Bonchev–Trinajstić information content (AvgIpc) is 2.61. The molecule has 0 saturated carbocycles. The first-order valence-electron chi connectivity index (χ1n) is 7.98. The number of hydrogen-bond acceptors (Lipinski definition) is 3. The lowest BCUT2D eigenvalue weighted by molar-refractivity contribution is 0.309. The lowest BCUT2D eigenvalue weighted by Gasteiger charge is -2.07. The SMILES string of the molecule is CCCCOc1ccc(-c2ccc3cc(OC)ccc3n2)cc1. The van der Waals surface area contributed by atoms with E-state index in [1.54, 1.807) is 7.11 Å². The summed E-state index contributed by atoms with van der Waals surface area (Å²) in [6.45, 7) is 2.93. The Labute approximate surface area is 136 Å². The van der Waals surface area contributed by atoms with E-state index in [-0.39, 0.29) is 0 Å². The first kappa shape index (κ1) is 15.3. The van der Waals surface area contributed by atoms with Gasteiger partial charge in [-0.1, -0.05) is 19.4 Å². The molecule has 2 aromatic carbocycles. The van der Waals surface area contributed by atoms with Gasteiger partial charge in [0.05, 0.1) is 24.9 Å². The minimum Gasteiger partial charge on any atom is -0.497 e. The van der Waals surface area contributed by atoms with Crippen LogP contribution in [0.25, 0.3) is 22.2 Å². The predicted octanol–water partition coefficient (Wildman–Crippen LogP) is 5.09. The van der Waals surface area contributed by atoms with Gasteiger partial charge in [-0.25, -0.2) is 4.98 Å². The van der Waals surface area contributed by atoms with Crippen molar-refractivity contribution >= 4 is 10.9 Å². The lowest BCUT2D eigenvalue weighted by atomic mass is 10.1. The Morgan fingerprint density at radius 1 is 0.913 bits per heavy atom. The third-order valence-corrected chi connectivity index (χ3v) is 3.81. The van der Waals surface area contributed by atoms with Gasteiger partial charge in [-0.2, -0.15) is 0 Å². The fraction of sp³-hybridized carbons (Fsp3) is 0.250. The largest absolute Gasteiger partial charge is 0.497 e. The summed E-state index contributed by atoms with van der Waals surface area (Å²) in [5, 5.41) is 1.08. The number of ether oxygens (including phenoxy) is 2. The van der Waals surface area contributed by atoms with Gasteiger partial charge < -0.3 is 9.47 Å². The van der Waals surface area contributed by atoms with E-state index in [9.17, 15) is 0 Å². The summed E-state index contributed by atoms with van der Waals surface area (Å²) in [4.78, 5) is 4.73. The molecule has 0 radical (unpaired) electrons. The first-order chi connectivity index (χ1) is 11.3. The van der Waals surface area contributed by atoms with Gasteiger partial charge in [-0.05, 0) is 55.0 Å². The summed E-state index contributed by atoms with van der Waals surface area (Å²) in [7, 11) is 1.67. The van der Waals surface area contributed by atoms with Gasteiger partial charge >= 0.3 is 0 Å². The minimum atomic E-state index is 0.770. The van der Waals surface area contributed by atoms with Crippen molar-refractivity contribution in [3.8, 4) is 22.8 Å². The highest BCUT2D eigenvalue weighted by molar-refractivity contribution is 5.82. The maximum Gasteiger partial charge on any atom is 0.119 e. The van der Waals surface area contributed by atoms with Crippen molar-refractivity contribution < 1.29 is 9.47 Å². The number of benzene rings is 2. The third kappa shape index (κ3) is 3.62. The Balaban J connectivity index is 1.82. The van der Waals surface area contributed by atoms with Crippen LogP contribution in [0.1, 0.15) is 19.8 Å². The van der Waals surface area contributed by atoms with Crippen LogP contribution in [0, 0.1) is 0 Å². The molecule has 118 valence electrons. The van der Waals surface area contributed by atoms with Crippen molar-refractivity contribution in [1.82, 2.24) is 4.98 Å². The molecule has 0 amide bonds. The second-order valence-corrected chi connectivity index (χ2v) is 5.48. The summed E-state index contributed by atoms with van der Waals surface area (Å²) in [6.07, 6.45) is 2.22. The van der Waals surface area contributed by atoms with Crippen LogP contribution in [-0.4, -0.2) is 18.7 Å². The van der Waals surface area contributed by atoms with Gasteiger partial charge in [0, 0.05) is 10.9 Å². The summed E-state index contributed by atoms with van der Waals surface area (Å²) in [5.74, 6) is 1.76. The molecular formula is C20H21NO2. The summed E-state index contributed by atoms with van der Waals surface area (Å²) in [5.41, 5.74) is 3.01. The van der Waals surface area contributed by atoms with Crippen molar-refractivity contribution in [2.45, 2.75) is 19.8 Å². The van der Waals surface area contributed by atoms with Gasteiger partial charge in [0.15, 0.2) is 0 Å². The van der Waals surface area contributed by atoms with Crippen molar-refractivity contribution in [3.05, 3.63) is 54.6 Å². The first-order valence-corrected chi connectivity index (χ1v) is 7.98. The molecule has 0 atom stereocenters. The van der Waals surface area contributed by atoms with E-state index >= 15 is 0 Å². The molecule has 0 bridgehead atoms. The lowest BCUT2D eigenvalue weighted by Crippen LogP contribution is -1.96. The number of nitrogens with zero attached hydrogens (tertiary/aromatic N) is 1. The highest BCUT2D eigenvalue weighted by atomic mass is 16.5. The fourth-order valence-corrected chi connectivity index (χ4v) is 2.45. The van der Waals surface area contributed by atoms with Gasteiger partial charge in [0.1, 0.15) is 11.5 Å². The normalized spacial score (nSPS) is 10.7. The number of pyridine rings is 1. The van der Waals surface area contributed by atoms with Gasteiger partial charge in [0.25, 0.3) is 0 Å². The molecule has 0 saturated heterocycles. The Morgan fingerprint density at radius 3 is 2.43 bits per heavy atom. The zero-order valence-corrected chi connectivity index (χ0v) is 13.6. The van der Waals surface area contributed by atoms with Gasteiger partial charge in [0.2, 0.25) is 0 Å². The van der Waals surface area contributed by atoms with Crippen molar-refractivity contribution in [2.75, 3.05) is 13.7 Å². The fourth-order valence-electron chi connectivity index (χ4n) is 2.45. The van der Waals surface area contributed by atoms with Crippen LogP contribution in [0.3, 0.4) is 0 Å². The highest BCUT2D eigenvalue weighted by Crippen LogP contribution is 2.25. The molecule has 0 unspecified atom stereocenters. The van der Waals surface area contributed by atoms with Crippen LogP contribution < -0.4 is 9.47 Å². The number of aromatic nitrogens is 1. The molecule has 1 aromatic heterocycles. The number of rotatable bonds is 6. The predicted molar refractivity (Wildman–Crippen MR) is 94.1 cm³/mol. The molecule has 0 aliphatic rings. The second kappa shape index (κ2) is 7.14. The molecule has 3 heteroatoms. The number of hydrogen-bond donors (Lipinski definition) is 0. The van der Waals surface area contributed by atoms with Gasteiger partial charge in [-0.3, -0.25) is 0 Å². The highest BCUT2D eigenvalue weighted by Gasteiger charge is 2.03. The Morgan fingerprint density at radius 2 is 1.70 bits per heavy atom. The second-order valence-electron chi connectivity index (χ2n) is 5.48. The molecule has 0 N–H and O–H groups in total. The molecule has 0 fully saturated rings. The van der Waals surface area contributed by atoms with E-state index in [4.69, 9.17) is 14.5 Å². The maximum atomic E-state index is 5.70. The molecule has 1 heterocycles. The van der Waals surface area contributed by atoms with Gasteiger partial charge in [-0.15, -0.1) is 0 Å². The standard InChI is InChI=1S/C20H21NO2/c1-3-4-13-23-17-8-5-15(6-9-17)19-11-7-16-14-18(22-2)10-12-20(16)21-19/h5-12,14H,3-4,13H2,1-2H3.